The lowest BCUT2D eigenvalue weighted by atomic mass is 10.1. The average Bonchev–Trinajstić information content (AvgIpc) is 2.91. The summed E-state index contributed by atoms with van der Waals surface area (Å²) in [6.45, 7) is 0.675. The van der Waals surface area contributed by atoms with Gasteiger partial charge in [-0.2, -0.15) is 0 Å². The van der Waals surface area contributed by atoms with Crippen molar-refractivity contribution in [1.82, 2.24) is 4.98 Å². The number of ether oxygens (including phenoxy) is 1. The summed E-state index contributed by atoms with van der Waals surface area (Å²) in [7, 11) is 3.28. The lowest BCUT2D eigenvalue weighted by Gasteiger charge is -2.19. The van der Waals surface area contributed by atoms with Crippen LogP contribution in [0.3, 0.4) is 0 Å². The van der Waals surface area contributed by atoms with Gasteiger partial charge < -0.3 is 15.4 Å². The van der Waals surface area contributed by atoms with Gasteiger partial charge >= 0.3 is 5.97 Å². The summed E-state index contributed by atoms with van der Waals surface area (Å²) in [6.07, 6.45) is 0. The van der Waals surface area contributed by atoms with Crippen LogP contribution in [0.15, 0.2) is 29.1 Å². The molecule has 0 amide bonds. The number of aromatic nitrogens is 1. The van der Waals surface area contributed by atoms with Crippen molar-refractivity contribution in [3.05, 3.63) is 40.3 Å². The molecule has 0 aliphatic carbocycles. The predicted molar refractivity (Wildman–Crippen MR) is 76.4 cm³/mol. The zero-order valence-corrected chi connectivity index (χ0v) is 11.6. The number of hydrogen-bond acceptors (Lipinski definition) is 6. The number of benzene rings is 1. The molecule has 0 saturated heterocycles. The van der Waals surface area contributed by atoms with E-state index in [0.29, 0.717) is 17.8 Å². The Hall–Kier alpha value is -2.08. The Balaban J connectivity index is 2.22. The number of thiazole rings is 1. The monoisotopic (exact) mass is 277 g/mol. The molecule has 0 unspecified atom stereocenters. The van der Waals surface area contributed by atoms with Gasteiger partial charge in [-0.25, -0.2) is 9.78 Å². The first-order valence-electron chi connectivity index (χ1n) is 5.68. The van der Waals surface area contributed by atoms with Crippen molar-refractivity contribution < 1.29 is 9.53 Å². The highest BCUT2D eigenvalue weighted by atomic mass is 32.1. The van der Waals surface area contributed by atoms with Crippen LogP contribution in [0.4, 0.5) is 11.4 Å². The van der Waals surface area contributed by atoms with Crippen LogP contribution in [0.25, 0.3) is 0 Å². The molecule has 0 fully saturated rings. The van der Waals surface area contributed by atoms with E-state index in [1.807, 2.05) is 23.4 Å². The van der Waals surface area contributed by atoms with E-state index < -0.39 is 5.97 Å². The Labute approximate surface area is 115 Å². The zero-order valence-electron chi connectivity index (χ0n) is 10.8. The Morgan fingerprint density at radius 2 is 2.32 bits per heavy atom. The molecule has 0 spiro atoms. The quantitative estimate of drug-likeness (QED) is 0.685. The van der Waals surface area contributed by atoms with Crippen LogP contribution >= 0.6 is 11.3 Å². The fourth-order valence-corrected chi connectivity index (χ4v) is 2.27. The third kappa shape index (κ3) is 3.03. The number of carbonyl (C=O) groups excluding carboxylic acids is 1. The summed E-state index contributed by atoms with van der Waals surface area (Å²) < 4.78 is 4.71. The first-order chi connectivity index (χ1) is 9.11. The molecule has 100 valence electrons. The smallest absolute Gasteiger partial charge is 0.340 e. The summed E-state index contributed by atoms with van der Waals surface area (Å²) in [5.74, 6) is -0.429. The third-order valence-corrected chi connectivity index (χ3v) is 3.40. The van der Waals surface area contributed by atoms with E-state index in [0.717, 1.165) is 11.4 Å². The average molecular weight is 277 g/mol. The Kier molecular flexibility index (Phi) is 4.01. The number of methoxy groups -OCH3 is 1. The van der Waals surface area contributed by atoms with Crippen molar-refractivity contribution >= 4 is 28.7 Å². The molecular weight excluding hydrogens is 262 g/mol. The largest absolute Gasteiger partial charge is 0.465 e. The highest BCUT2D eigenvalue weighted by Crippen LogP contribution is 2.22. The molecule has 0 saturated carbocycles. The van der Waals surface area contributed by atoms with Crippen LogP contribution in [-0.4, -0.2) is 25.1 Å². The topological polar surface area (TPSA) is 68.5 Å². The summed E-state index contributed by atoms with van der Waals surface area (Å²) in [5, 5.41) is 2.00. The minimum atomic E-state index is -0.429. The summed E-state index contributed by atoms with van der Waals surface area (Å²) >= 11 is 1.56. The number of esters is 1. The van der Waals surface area contributed by atoms with Gasteiger partial charge in [0.05, 0.1) is 30.4 Å². The molecule has 1 aromatic carbocycles. The number of nitrogens with two attached hydrogens (primary N) is 1. The van der Waals surface area contributed by atoms with Crippen molar-refractivity contribution in [2.45, 2.75) is 6.54 Å². The van der Waals surface area contributed by atoms with Crippen LogP contribution in [0, 0.1) is 0 Å². The second-order valence-electron chi connectivity index (χ2n) is 4.10. The molecule has 0 atom stereocenters. The highest BCUT2D eigenvalue weighted by Gasteiger charge is 2.12. The van der Waals surface area contributed by atoms with Gasteiger partial charge in [-0.3, -0.25) is 0 Å². The zero-order chi connectivity index (χ0) is 13.8. The van der Waals surface area contributed by atoms with E-state index in [1.165, 1.54) is 7.11 Å². The minimum absolute atomic E-state index is 0.380. The number of rotatable bonds is 4. The normalized spacial score (nSPS) is 10.2. The predicted octanol–water partition coefficient (Wildman–Crippen LogP) is 2.15. The lowest BCUT2D eigenvalue weighted by molar-refractivity contribution is 0.0602. The fourth-order valence-electron chi connectivity index (χ4n) is 1.72. The van der Waals surface area contributed by atoms with Crippen LogP contribution in [0.5, 0.6) is 0 Å². The van der Waals surface area contributed by atoms with Crippen LogP contribution in [0.2, 0.25) is 0 Å². The van der Waals surface area contributed by atoms with Crippen molar-refractivity contribution in [1.29, 1.82) is 0 Å². The van der Waals surface area contributed by atoms with Crippen molar-refractivity contribution in [2.75, 3.05) is 24.8 Å². The van der Waals surface area contributed by atoms with Gasteiger partial charge in [0.2, 0.25) is 0 Å². The van der Waals surface area contributed by atoms with Gasteiger partial charge in [-0.15, -0.1) is 11.3 Å². The standard InChI is InChI=1S/C13H15N3O2S/c1-16(6-9-7-19-8-15-9)10-3-4-12(14)11(5-10)13(17)18-2/h3-5,7-8H,6,14H2,1-2H3. The SMILES string of the molecule is COC(=O)c1cc(N(C)Cc2cscn2)ccc1N. The molecule has 0 bridgehead atoms. The lowest BCUT2D eigenvalue weighted by Crippen LogP contribution is -2.17. The molecule has 5 nitrogen and oxygen atoms in total. The number of nitrogens with zero attached hydrogens (tertiary/aromatic N) is 2. The van der Waals surface area contributed by atoms with Gasteiger partial charge in [0, 0.05) is 23.8 Å². The van der Waals surface area contributed by atoms with Crippen LogP contribution in [0.1, 0.15) is 16.1 Å². The summed E-state index contributed by atoms with van der Waals surface area (Å²) in [5.41, 5.74) is 10.2. The molecule has 19 heavy (non-hydrogen) atoms. The van der Waals surface area contributed by atoms with Crippen LogP contribution < -0.4 is 10.6 Å². The maximum Gasteiger partial charge on any atom is 0.340 e. The van der Waals surface area contributed by atoms with Crippen molar-refractivity contribution in [3.63, 3.8) is 0 Å². The molecule has 2 N–H and O–H groups in total. The first-order valence-corrected chi connectivity index (χ1v) is 6.62. The molecule has 1 aromatic heterocycles. The van der Waals surface area contributed by atoms with Crippen LogP contribution in [-0.2, 0) is 11.3 Å². The Morgan fingerprint density at radius 1 is 1.53 bits per heavy atom. The van der Waals surface area contributed by atoms with E-state index in [4.69, 9.17) is 10.5 Å². The molecule has 2 aromatic rings. The first kappa shape index (κ1) is 13.4. The number of nitrogen functional groups attached to an aromatic ring is 1. The minimum Gasteiger partial charge on any atom is -0.465 e. The maximum absolute atomic E-state index is 11.6. The summed E-state index contributed by atoms with van der Waals surface area (Å²) in [6, 6.07) is 5.31. The fraction of sp³-hybridized carbons (Fsp3) is 0.231. The Morgan fingerprint density at radius 3 is 2.95 bits per heavy atom. The molecule has 2 rings (SSSR count). The van der Waals surface area contributed by atoms with Gasteiger partial charge in [0.15, 0.2) is 0 Å². The van der Waals surface area contributed by atoms with E-state index in [9.17, 15) is 4.79 Å². The van der Waals surface area contributed by atoms with Gasteiger partial charge in [-0.05, 0) is 18.2 Å². The van der Waals surface area contributed by atoms with Gasteiger partial charge in [0.1, 0.15) is 0 Å². The molecule has 6 heteroatoms. The molecule has 1 heterocycles. The molecule has 0 radical (unpaired) electrons. The second kappa shape index (κ2) is 5.71. The van der Waals surface area contributed by atoms with E-state index in [2.05, 4.69) is 4.98 Å². The van der Waals surface area contributed by atoms with Gasteiger partial charge in [0.25, 0.3) is 0 Å². The van der Waals surface area contributed by atoms with Crippen molar-refractivity contribution in [2.24, 2.45) is 0 Å². The maximum atomic E-state index is 11.6. The van der Waals surface area contributed by atoms with Gasteiger partial charge in [-0.1, -0.05) is 0 Å². The van der Waals surface area contributed by atoms with Crippen molar-refractivity contribution in [3.8, 4) is 0 Å². The van der Waals surface area contributed by atoms with E-state index in [1.54, 1.807) is 29.0 Å². The van der Waals surface area contributed by atoms with E-state index >= 15 is 0 Å². The summed E-state index contributed by atoms with van der Waals surface area (Å²) in [4.78, 5) is 17.8. The number of anilines is 2. The third-order valence-electron chi connectivity index (χ3n) is 2.77. The highest BCUT2D eigenvalue weighted by molar-refractivity contribution is 7.07. The Bertz CT molecular complexity index is 569. The second-order valence-corrected chi connectivity index (χ2v) is 4.82. The molecule has 0 aliphatic heterocycles. The number of hydrogen-bond donors (Lipinski definition) is 1. The molecule has 0 aliphatic rings. The number of carbonyl (C=O) groups is 1. The molecular formula is C13H15N3O2S. The van der Waals surface area contributed by atoms with E-state index in [-0.39, 0.29) is 0 Å².